The lowest BCUT2D eigenvalue weighted by Gasteiger charge is -2.31. The molecule has 22 heavy (non-hydrogen) atoms. The Morgan fingerprint density at radius 3 is 2.32 bits per heavy atom. The summed E-state index contributed by atoms with van der Waals surface area (Å²) in [6.45, 7) is 6.07. The van der Waals surface area contributed by atoms with E-state index in [1.165, 1.54) is 6.07 Å². The predicted octanol–water partition coefficient (Wildman–Crippen LogP) is 3.50. The van der Waals surface area contributed by atoms with Crippen molar-refractivity contribution in [3.05, 3.63) is 59.5 Å². The summed E-state index contributed by atoms with van der Waals surface area (Å²) >= 11 is 0. The molecule has 0 fully saturated rings. The third kappa shape index (κ3) is 3.55. The molecular formula is C17H19NO4. The first kappa shape index (κ1) is 15.8. The second-order valence-electron chi connectivity index (χ2n) is 6.19. The Kier molecular flexibility index (Phi) is 4.35. The smallest absolute Gasteiger partial charge is 0.338 e. The van der Waals surface area contributed by atoms with Crippen LogP contribution in [0.3, 0.4) is 0 Å². The molecule has 0 saturated heterocycles. The van der Waals surface area contributed by atoms with Crippen molar-refractivity contribution in [2.75, 3.05) is 0 Å². The van der Waals surface area contributed by atoms with Crippen molar-refractivity contribution in [3.8, 4) is 0 Å². The largest absolute Gasteiger partial charge is 0.478 e. The summed E-state index contributed by atoms with van der Waals surface area (Å²) in [6.07, 6.45) is 1.06. The van der Waals surface area contributed by atoms with Crippen molar-refractivity contribution in [1.29, 1.82) is 0 Å². The first-order valence-electron chi connectivity index (χ1n) is 6.96. The van der Waals surface area contributed by atoms with Crippen LogP contribution in [0.4, 0.5) is 0 Å². The number of rotatable bonds is 4. The molecule has 0 spiro atoms. The molecule has 2 N–H and O–H groups in total. The van der Waals surface area contributed by atoms with Crippen LogP contribution in [0, 0.1) is 5.41 Å². The van der Waals surface area contributed by atoms with E-state index in [0.717, 1.165) is 11.8 Å². The molecule has 2 aromatic rings. The summed E-state index contributed by atoms with van der Waals surface area (Å²) in [6, 6.07) is 10.6. The Morgan fingerprint density at radius 2 is 1.82 bits per heavy atom. The van der Waals surface area contributed by atoms with Crippen LogP contribution in [0.2, 0.25) is 0 Å². The van der Waals surface area contributed by atoms with E-state index >= 15 is 0 Å². The molecule has 0 aliphatic rings. The predicted molar refractivity (Wildman–Crippen MR) is 81.8 cm³/mol. The van der Waals surface area contributed by atoms with Crippen molar-refractivity contribution in [1.82, 2.24) is 5.32 Å². The molecule has 1 amide bonds. The minimum atomic E-state index is -1.13. The number of carbonyl (C=O) groups excluding carboxylic acids is 1. The fourth-order valence-electron chi connectivity index (χ4n) is 2.22. The highest BCUT2D eigenvalue weighted by atomic mass is 16.4. The number of carboxylic acids is 1. The van der Waals surface area contributed by atoms with Crippen LogP contribution in [0.1, 0.15) is 53.3 Å². The molecule has 1 unspecified atom stereocenters. The first-order valence-corrected chi connectivity index (χ1v) is 6.96. The lowest BCUT2D eigenvalue weighted by atomic mass is 9.82. The normalized spacial score (nSPS) is 12.7. The standard InChI is InChI=1S/C17H19NO4/c1-17(2,3)14(11-7-5-4-6-8-11)18-15(19)13-9-12(10-22-13)16(20)21/h4-10,14H,1-3H3,(H,18,19)(H,20,21). The van der Waals surface area contributed by atoms with Crippen molar-refractivity contribution in [2.24, 2.45) is 5.41 Å². The molecule has 5 nitrogen and oxygen atoms in total. The number of benzene rings is 1. The second kappa shape index (κ2) is 6.05. The monoisotopic (exact) mass is 301 g/mol. The van der Waals surface area contributed by atoms with E-state index in [2.05, 4.69) is 5.32 Å². The van der Waals surface area contributed by atoms with E-state index in [9.17, 15) is 9.59 Å². The Hall–Kier alpha value is -2.56. The van der Waals surface area contributed by atoms with Crippen LogP contribution in [0.5, 0.6) is 0 Å². The molecule has 1 atom stereocenters. The maximum absolute atomic E-state index is 12.3. The number of furan rings is 1. The highest BCUT2D eigenvalue weighted by molar-refractivity contribution is 5.95. The Balaban J connectivity index is 2.23. The summed E-state index contributed by atoms with van der Waals surface area (Å²) in [7, 11) is 0. The molecule has 1 aromatic carbocycles. The Morgan fingerprint density at radius 1 is 1.18 bits per heavy atom. The maximum atomic E-state index is 12.3. The van der Waals surface area contributed by atoms with Gasteiger partial charge in [0.15, 0.2) is 5.76 Å². The van der Waals surface area contributed by atoms with Gasteiger partial charge < -0.3 is 14.8 Å². The third-order valence-corrected chi connectivity index (χ3v) is 3.34. The van der Waals surface area contributed by atoms with Gasteiger partial charge in [0, 0.05) is 6.07 Å². The summed E-state index contributed by atoms with van der Waals surface area (Å²) < 4.78 is 5.04. The summed E-state index contributed by atoms with van der Waals surface area (Å²) in [5.41, 5.74) is 0.727. The van der Waals surface area contributed by atoms with Crippen molar-refractivity contribution < 1.29 is 19.1 Å². The fourth-order valence-corrected chi connectivity index (χ4v) is 2.22. The van der Waals surface area contributed by atoms with Crippen LogP contribution in [-0.4, -0.2) is 17.0 Å². The van der Waals surface area contributed by atoms with Gasteiger partial charge in [-0.25, -0.2) is 4.79 Å². The van der Waals surface area contributed by atoms with Gasteiger partial charge in [-0.15, -0.1) is 0 Å². The second-order valence-corrected chi connectivity index (χ2v) is 6.19. The van der Waals surface area contributed by atoms with E-state index < -0.39 is 11.9 Å². The Bertz CT molecular complexity index is 667. The average Bonchev–Trinajstić information content (AvgIpc) is 2.94. The molecule has 5 heteroatoms. The van der Waals surface area contributed by atoms with Gasteiger partial charge in [0.05, 0.1) is 11.6 Å². The number of nitrogens with one attached hydrogen (secondary N) is 1. The fraction of sp³-hybridized carbons (Fsp3) is 0.294. The summed E-state index contributed by atoms with van der Waals surface area (Å²) in [5.74, 6) is -1.57. The molecule has 0 saturated carbocycles. The average molecular weight is 301 g/mol. The molecule has 0 radical (unpaired) electrons. The molecule has 0 aliphatic carbocycles. The number of amides is 1. The maximum Gasteiger partial charge on any atom is 0.338 e. The SMILES string of the molecule is CC(C)(C)C(NC(=O)c1cc(C(=O)O)co1)c1ccccc1. The molecule has 116 valence electrons. The number of carbonyl (C=O) groups is 2. The topological polar surface area (TPSA) is 79.5 Å². The van der Waals surface area contributed by atoms with Crippen LogP contribution < -0.4 is 5.32 Å². The Labute approximate surface area is 129 Å². The highest BCUT2D eigenvalue weighted by Gasteiger charge is 2.29. The van der Waals surface area contributed by atoms with Gasteiger partial charge in [0.2, 0.25) is 0 Å². The van der Waals surface area contributed by atoms with Crippen LogP contribution in [-0.2, 0) is 0 Å². The minimum Gasteiger partial charge on any atom is -0.478 e. The highest BCUT2D eigenvalue weighted by Crippen LogP contribution is 2.32. The van der Waals surface area contributed by atoms with Gasteiger partial charge in [-0.1, -0.05) is 51.1 Å². The van der Waals surface area contributed by atoms with Gasteiger partial charge >= 0.3 is 5.97 Å². The molecule has 0 aliphatic heterocycles. The minimum absolute atomic E-state index is 0.0115. The van der Waals surface area contributed by atoms with Crippen LogP contribution >= 0.6 is 0 Å². The number of hydrogen-bond donors (Lipinski definition) is 2. The zero-order valence-electron chi connectivity index (χ0n) is 12.8. The summed E-state index contributed by atoms with van der Waals surface area (Å²) in [5, 5.41) is 11.8. The first-order chi connectivity index (χ1) is 10.3. The van der Waals surface area contributed by atoms with Gasteiger partial charge in [-0.05, 0) is 11.0 Å². The van der Waals surface area contributed by atoms with Gasteiger partial charge in [0.25, 0.3) is 5.91 Å². The van der Waals surface area contributed by atoms with Crippen molar-refractivity contribution >= 4 is 11.9 Å². The van der Waals surface area contributed by atoms with E-state index in [-0.39, 0.29) is 22.8 Å². The molecule has 0 bridgehead atoms. The third-order valence-electron chi connectivity index (χ3n) is 3.34. The van der Waals surface area contributed by atoms with Gasteiger partial charge in [0.1, 0.15) is 6.26 Å². The molecule has 1 aromatic heterocycles. The van der Waals surface area contributed by atoms with Crippen LogP contribution in [0.25, 0.3) is 0 Å². The number of aromatic carboxylic acids is 1. The summed E-state index contributed by atoms with van der Waals surface area (Å²) in [4.78, 5) is 23.2. The van der Waals surface area contributed by atoms with E-state index in [0.29, 0.717) is 0 Å². The lowest BCUT2D eigenvalue weighted by molar-refractivity contribution is 0.0695. The molecule has 1 heterocycles. The van der Waals surface area contributed by atoms with Crippen LogP contribution in [0.15, 0.2) is 47.1 Å². The number of hydrogen-bond acceptors (Lipinski definition) is 3. The lowest BCUT2D eigenvalue weighted by Crippen LogP contribution is -2.36. The molecular weight excluding hydrogens is 282 g/mol. The molecule has 2 rings (SSSR count). The van der Waals surface area contributed by atoms with Crippen molar-refractivity contribution in [3.63, 3.8) is 0 Å². The quantitative estimate of drug-likeness (QED) is 0.906. The van der Waals surface area contributed by atoms with E-state index in [1.54, 1.807) is 0 Å². The van der Waals surface area contributed by atoms with Crippen molar-refractivity contribution in [2.45, 2.75) is 26.8 Å². The van der Waals surface area contributed by atoms with E-state index in [1.807, 2.05) is 51.1 Å². The zero-order valence-corrected chi connectivity index (χ0v) is 12.8. The van der Waals surface area contributed by atoms with E-state index in [4.69, 9.17) is 9.52 Å². The van der Waals surface area contributed by atoms with Gasteiger partial charge in [-0.3, -0.25) is 4.79 Å². The van der Waals surface area contributed by atoms with Gasteiger partial charge in [-0.2, -0.15) is 0 Å². The zero-order chi connectivity index (χ0) is 16.3. The number of carboxylic acid groups (broad SMARTS) is 1.